The molecule has 1 N–H and O–H groups in total. The van der Waals surface area contributed by atoms with Gasteiger partial charge in [-0.1, -0.05) is 0 Å². The summed E-state index contributed by atoms with van der Waals surface area (Å²) in [6, 6.07) is 13.6. The number of halogens is 1. The maximum Gasteiger partial charge on any atom is 0.126 e. The first kappa shape index (κ1) is 14.6. The third kappa shape index (κ3) is 3.46. The Hall–Kier alpha value is -2.34. The first-order valence-corrected chi connectivity index (χ1v) is 7.58. The smallest absolute Gasteiger partial charge is 0.126 e. The fourth-order valence-corrected chi connectivity index (χ4v) is 2.23. The summed E-state index contributed by atoms with van der Waals surface area (Å²) in [7, 11) is 1.66. The Labute approximate surface area is 137 Å². The van der Waals surface area contributed by atoms with Crippen molar-refractivity contribution in [1.29, 1.82) is 0 Å². The quantitative estimate of drug-likeness (QED) is 0.756. The molecule has 0 saturated carbocycles. The number of anilines is 1. The van der Waals surface area contributed by atoms with Gasteiger partial charge in [0.25, 0.3) is 0 Å². The van der Waals surface area contributed by atoms with Crippen LogP contribution in [0.3, 0.4) is 0 Å². The number of benzene rings is 1. The number of aromatic nitrogens is 3. The average molecular weight is 359 g/mol. The van der Waals surface area contributed by atoms with Crippen molar-refractivity contribution in [1.82, 2.24) is 14.8 Å². The van der Waals surface area contributed by atoms with Crippen molar-refractivity contribution in [3.8, 4) is 11.4 Å². The van der Waals surface area contributed by atoms with Gasteiger partial charge in [-0.15, -0.1) is 0 Å². The van der Waals surface area contributed by atoms with Gasteiger partial charge >= 0.3 is 0 Å². The summed E-state index contributed by atoms with van der Waals surface area (Å²) in [6.07, 6.45) is 3.70. The Kier molecular flexibility index (Phi) is 4.39. The van der Waals surface area contributed by atoms with E-state index in [1.165, 1.54) is 0 Å². The van der Waals surface area contributed by atoms with Crippen LogP contribution in [0.1, 0.15) is 5.69 Å². The zero-order valence-electron chi connectivity index (χ0n) is 12.0. The van der Waals surface area contributed by atoms with E-state index < -0.39 is 0 Å². The molecule has 0 aliphatic heterocycles. The zero-order chi connectivity index (χ0) is 15.4. The standard InChI is InChI=1S/C16H15BrN4O/c1-22-15-5-3-14(4-6-15)21-9-8-13(20-21)11-19-16-7-2-12(17)10-18-16/h2-10H,11H2,1H3,(H,18,19). The van der Waals surface area contributed by atoms with Gasteiger partial charge in [-0.3, -0.25) is 0 Å². The topological polar surface area (TPSA) is 52.0 Å². The van der Waals surface area contributed by atoms with Crippen molar-refractivity contribution in [2.24, 2.45) is 0 Å². The van der Waals surface area contributed by atoms with Gasteiger partial charge < -0.3 is 10.1 Å². The van der Waals surface area contributed by atoms with Gasteiger partial charge in [0.15, 0.2) is 0 Å². The molecule has 0 saturated heterocycles. The van der Waals surface area contributed by atoms with Gasteiger partial charge in [-0.25, -0.2) is 9.67 Å². The molecule has 0 fully saturated rings. The molecule has 3 rings (SSSR count). The molecule has 22 heavy (non-hydrogen) atoms. The maximum atomic E-state index is 5.16. The molecule has 0 unspecified atom stereocenters. The molecule has 0 aliphatic rings. The molecule has 0 amide bonds. The van der Waals surface area contributed by atoms with Crippen LogP contribution in [-0.4, -0.2) is 21.9 Å². The summed E-state index contributed by atoms with van der Waals surface area (Å²) in [4.78, 5) is 4.27. The second-order valence-corrected chi connectivity index (χ2v) is 5.58. The van der Waals surface area contributed by atoms with Crippen LogP contribution in [0.2, 0.25) is 0 Å². The second kappa shape index (κ2) is 6.62. The third-order valence-electron chi connectivity index (χ3n) is 3.16. The van der Waals surface area contributed by atoms with Crippen molar-refractivity contribution in [3.05, 3.63) is 65.0 Å². The first-order chi connectivity index (χ1) is 10.7. The Morgan fingerprint density at radius 1 is 1.14 bits per heavy atom. The highest BCUT2D eigenvalue weighted by Crippen LogP contribution is 2.15. The van der Waals surface area contributed by atoms with E-state index in [2.05, 4.69) is 31.3 Å². The highest BCUT2D eigenvalue weighted by Gasteiger charge is 2.02. The number of hydrogen-bond acceptors (Lipinski definition) is 4. The molecule has 2 aromatic heterocycles. The Morgan fingerprint density at radius 2 is 1.95 bits per heavy atom. The SMILES string of the molecule is COc1ccc(-n2ccc(CNc3ccc(Br)cn3)n2)cc1. The van der Waals surface area contributed by atoms with E-state index in [1.54, 1.807) is 13.3 Å². The maximum absolute atomic E-state index is 5.16. The minimum atomic E-state index is 0.623. The number of rotatable bonds is 5. The molecule has 6 heteroatoms. The average Bonchev–Trinajstić information content (AvgIpc) is 3.03. The molecule has 0 spiro atoms. The Balaban J connectivity index is 1.66. The largest absolute Gasteiger partial charge is 0.497 e. The van der Waals surface area contributed by atoms with E-state index in [0.717, 1.165) is 27.4 Å². The monoisotopic (exact) mass is 358 g/mol. The number of nitrogens with zero attached hydrogens (tertiary/aromatic N) is 3. The number of nitrogens with one attached hydrogen (secondary N) is 1. The van der Waals surface area contributed by atoms with Crippen LogP contribution in [0.5, 0.6) is 5.75 Å². The molecule has 2 heterocycles. The predicted octanol–water partition coefficient (Wildman–Crippen LogP) is 3.65. The van der Waals surface area contributed by atoms with E-state index in [1.807, 2.05) is 53.3 Å². The van der Waals surface area contributed by atoms with Crippen LogP contribution in [0, 0.1) is 0 Å². The molecule has 0 aliphatic carbocycles. The Morgan fingerprint density at radius 3 is 2.64 bits per heavy atom. The Bertz CT molecular complexity index is 738. The normalized spacial score (nSPS) is 10.5. The molecule has 3 aromatic rings. The third-order valence-corrected chi connectivity index (χ3v) is 3.63. The highest BCUT2D eigenvalue weighted by atomic mass is 79.9. The van der Waals surface area contributed by atoms with Crippen molar-refractivity contribution in [2.75, 3.05) is 12.4 Å². The molecule has 0 atom stereocenters. The van der Waals surface area contributed by atoms with E-state index in [9.17, 15) is 0 Å². The van der Waals surface area contributed by atoms with E-state index >= 15 is 0 Å². The van der Waals surface area contributed by atoms with Gasteiger partial charge in [-0.2, -0.15) is 5.10 Å². The molecule has 0 bridgehead atoms. The summed E-state index contributed by atoms with van der Waals surface area (Å²) < 4.78 is 7.96. The van der Waals surface area contributed by atoms with Crippen molar-refractivity contribution < 1.29 is 4.74 Å². The summed E-state index contributed by atoms with van der Waals surface area (Å²) in [6.45, 7) is 0.623. The molecule has 112 valence electrons. The predicted molar refractivity (Wildman–Crippen MR) is 89.4 cm³/mol. The van der Waals surface area contributed by atoms with E-state index in [0.29, 0.717) is 6.54 Å². The van der Waals surface area contributed by atoms with Crippen LogP contribution < -0.4 is 10.1 Å². The van der Waals surface area contributed by atoms with Crippen LogP contribution in [-0.2, 0) is 6.54 Å². The van der Waals surface area contributed by atoms with Gasteiger partial charge in [0, 0.05) is 16.9 Å². The number of methoxy groups -OCH3 is 1. The molecular weight excluding hydrogens is 344 g/mol. The van der Waals surface area contributed by atoms with Crippen LogP contribution in [0.25, 0.3) is 5.69 Å². The fraction of sp³-hybridized carbons (Fsp3) is 0.125. The number of ether oxygens (including phenoxy) is 1. The van der Waals surface area contributed by atoms with E-state index in [-0.39, 0.29) is 0 Å². The van der Waals surface area contributed by atoms with Gasteiger partial charge in [0.1, 0.15) is 11.6 Å². The van der Waals surface area contributed by atoms with Gasteiger partial charge in [0.2, 0.25) is 0 Å². The lowest BCUT2D eigenvalue weighted by atomic mass is 10.3. The van der Waals surface area contributed by atoms with E-state index in [4.69, 9.17) is 4.74 Å². The van der Waals surface area contributed by atoms with Crippen LogP contribution >= 0.6 is 15.9 Å². The fourth-order valence-electron chi connectivity index (χ4n) is 2.00. The van der Waals surface area contributed by atoms with Crippen molar-refractivity contribution in [2.45, 2.75) is 6.54 Å². The van der Waals surface area contributed by atoms with Crippen molar-refractivity contribution in [3.63, 3.8) is 0 Å². The summed E-state index contributed by atoms with van der Waals surface area (Å²) >= 11 is 3.37. The molecule has 0 radical (unpaired) electrons. The minimum absolute atomic E-state index is 0.623. The molecular formula is C16H15BrN4O. The molecule has 1 aromatic carbocycles. The summed E-state index contributed by atoms with van der Waals surface area (Å²) in [5.74, 6) is 1.65. The van der Waals surface area contributed by atoms with Gasteiger partial charge in [0.05, 0.1) is 25.0 Å². The summed E-state index contributed by atoms with van der Waals surface area (Å²) in [5.41, 5.74) is 1.94. The lowest BCUT2D eigenvalue weighted by Crippen LogP contribution is -2.03. The zero-order valence-corrected chi connectivity index (χ0v) is 13.6. The lowest BCUT2D eigenvalue weighted by molar-refractivity contribution is 0.414. The second-order valence-electron chi connectivity index (χ2n) is 4.66. The number of pyridine rings is 1. The summed E-state index contributed by atoms with van der Waals surface area (Å²) in [5, 5.41) is 7.79. The first-order valence-electron chi connectivity index (χ1n) is 6.79. The van der Waals surface area contributed by atoms with Crippen molar-refractivity contribution >= 4 is 21.7 Å². The van der Waals surface area contributed by atoms with Gasteiger partial charge in [-0.05, 0) is 58.4 Å². The highest BCUT2D eigenvalue weighted by molar-refractivity contribution is 9.10. The lowest BCUT2D eigenvalue weighted by Gasteiger charge is -2.04. The van der Waals surface area contributed by atoms with Crippen LogP contribution in [0.4, 0.5) is 5.82 Å². The minimum Gasteiger partial charge on any atom is -0.497 e. The molecule has 5 nitrogen and oxygen atoms in total. The number of hydrogen-bond donors (Lipinski definition) is 1. The van der Waals surface area contributed by atoms with Crippen LogP contribution in [0.15, 0.2) is 59.3 Å².